The second-order valence-corrected chi connectivity index (χ2v) is 9.29. The Balaban J connectivity index is 1.50. The Morgan fingerprint density at radius 2 is 1.79 bits per heavy atom. The summed E-state index contributed by atoms with van der Waals surface area (Å²) in [5.74, 6) is -1.31. The minimum absolute atomic E-state index is 0.144. The Hall–Kier alpha value is -4.37. The summed E-state index contributed by atoms with van der Waals surface area (Å²) < 4.78 is 12.3. The fourth-order valence-corrected chi connectivity index (χ4v) is 4.44. The van der Waals surface area contributed by atoms with E-state index >= 15 is 0 Å². The van der Waals surface area contributed by atoms with Gasteiger partial charge in [0.05, 0.1) is 36.2 Å². The molecule has 2 N–H and O–H groups in total. The third kappa shape index (κ3) is 6.74. The van der Waals surface area contributed by atoms with E-state index in [0.717, 1.165) is 11.1 Å². The van der Waals surface area contributed by atoms with Crippen LogP contribution in [0.3, 0.4) is 0 Å². The van der Waals surface area contributed by atoms with Gasteiger partial charge in [0, 0.05) is 11.6 Å². The molecule has 2 aromatic carbocycles. The number of halogens is 1. The zero-order valence-electron chi connectivity index (χ0n) is 21.9. The Morgan fingerprint density at radius 3 is 2.49 bits per heavy atom. The molecule has 0 spiro atoms. The lowest BCUT2D eigenvalue weighted by Gasteiger charge is -2.29. The zero-order valence-corrected chi connectivity index (χ0v) is 22.6. The monoisotopic (exact) mass is 548 g/mol. The molecule has 1 aromatic heterocycles. The van der Waals surface area contributed by atoms with E-state index in [0.29, 0.717) is 28.5 Å². The number of aryl methyl sites for hydroxylation is 2. The van der Waals surface area contributed by atoms with Crippen LogP contribution in [0.15, 0.2) is 71.9 Å². The van der Waals surface area contributed by atoms with Crippen LogP contribution in [-0.4, -0.2) is 41.0 Å². The van der Waals surface area contributed by atoms with Gasteiger partial charge in [0.15, 0.2) is 0 Å². The van der Waals surface area contributed by atoms with Crippen LogP contribution in [0.5, 0.6) is 0 Å². The molecule has 3 aromatic rings. The summed E-state index contributed by atoms with van der Waals surface area (Å²) in [7, 11) is 0. The van der Waals surface area contributed by atoms with E-state index in [9.17, 15) is 14.4 Å². The first-order valence-electron chi connectivity index (χ1n) is 12.4. The normalized spacial score (nSPS) is 15.2. The minimum atomic E-state index is -0.760. The first-order valence-corrected chi connectivity index (χ1v) is 12.8. The van der Waals surface area contributed by atoms with Crippen molar-refractivity contribution in [1.29, 1.82) is 0 Å². The summed E-state index contributed by atoms with van der Waals surface area (Å²) in [5, 5.41) is 10.2. The number of carbonyl (C=O) groups excluding carboxylic acids is 3. The van der Waals surface area contributed by atoms with Crippen molar-refractivity contribution in [3.8, 4) is 0 Å². The van der Waals surface area contributed by atoms with E-state index < -0.39 is 24.0 Å². The van der Waals surface area contributed by atoms with Crippen LogP contribution in [0.25, 0.3) is 6.08 Å². The highest BCUT2D eigenvalue weighted by atomic mass is 35.5. The lowest BCUT2D eigenvalue weighted by Crippen LogP contribution is -2.47. The molecule has 39 heavy (non-hydrogen) atoms. The van der Waals surface area contributed by atoms with E-state index in [4.69, 9.17) is 21.1 Å². The Labute approximate surface area is 231 Å². The number of rotatable bonds is 9. The van der Waals surface area contributed by atoms with Crippen LogP contribution in [0, 0.1) is 13.8 Å². The van der Waals surface area contributed by atoms with Crippen molar-refractivity contribution in [2.45, 2.75) is 33.4 Å². The van der Waals surface area contributed by atoms with Gasteiger partial charge in [0.1, 0.15) is 11.8 Å². The molecule has 10 heteroatoms. The van der Waals surface area contributed by atoms with Gasteiger partial charge < -0.3 is 20.1 Å². The average Bonchev–Trinajstić information content (AvgIpc) is 3.19. The lowest BCUT2D eigenvalue weighted by molar-refractivity contribution is -0.140. The van der Waals surface area contributed by atoms with E-state index in [1.165, 1.54) is 12.2 Å². The number of aromatic nitrogens is 2. The maximum absolute atomic E-state index is 12.8. The van der Waals surface area contributed by atoms with Crippen LogP contribution in [0.1, 0.15) is 40.9 Å². The van der Waals surface area contributed by atoms with Crippen LogP contribution in [0.4, 0.5) is 4.79 Å². The third-order valence-corrected chi connectivity index (χ3v) is 6.49. The first kappa shape index (κ1) is 27.7. The molecule has 9 nitrogen and oxygen atoms in total. The van der Waals surface area contributed by atoms with Gasteiger partial charge in [0.2, 0.25) is 0 Å². The second kappa shape index (κ2) is 12.4. The predicted octanol–water partition coefficient (Wildman–Crippen LogP) is 4.63. The van der Waals surface area contributed by atoms with E-state index in [-0.39, 0.29) is 24.5 Å². The van der Waals surface area contributed by atoms with E-state index in [1.54, 1.807) is 42.8 Å². The van der Waals surface area contributed by atoms with Crippen molar-refractivity contribution in [3.05, 3.63) is 105 Å². The molecule has 1 aliphatic heterocycles. The van der Waals surface area contributed by atoms with Gasteiger partial charge in [0.25, 0.3) is 0 Å². The maximum atomic E-state index is 12.8. The van der Waals surface area contributed by atoms with Gasteiger partial charge in [-0.05, 0) is 38.0 Å². The maximum Gasteiger partial charge on any atom is 0.338 e. The Bertz CT molecular complexity index is 1430. The lowest BCUT2D eigenvalue weighted by atomic mass is 9.95. The molecule has 1 aliphatic rings. The first-order chi connectivity index (χ1) is 18.8. The molecule has 0 aliphatic carbocycles. The third-order valence-electron chi connectivity index (χ3n) is 6.09. The molecule has 0 saturated heterocycles. The summed E-state index contributed by atoms with van der Waals surface area (Å²) in [5.41, 5.74) is 4.44. The number of amides is 2. The van der Waals surface area contributed by atoms with Crippen LogP contribution >= 0.6 is 11.6 Å². The zero-order chi connectivity index (χ0) is 27.9. The van der Waals surface area contributed by atoms with Gasteiger partial charge in [-0.2, -0.15) is 5.10 Å². The molecule has 0 radical (unpaired) electrons. The summed E-state index contributed by atoms with van der Waals surface area (Å²) in [6.45, 7) is 5.79. The number of ether oxygens (including phenoxy) is 2. The van der Waals surface area contributed by atoms with Crippen LogP contribution in [0.2, 0.25) is 5.15 Å². The highest BCUT2D eigenvalue weighted by molar-refractivity contribution is 6.31. The summed E-state index contributed by atoms with van der Waals surface area (Å²) in [6, 6.07) is 15.8. The SMILES string of the molecule is CCOC(=O)C1=C(COC(=O)C=Cc2c(C)nn(Cc3ccc(C)cc3)c2Cl)NC(=O)NC1c1ccccc1. The number of nitrogens with one attached hydrogen (secondary N) is 2. The van der Waals surface area contributed by atoms with Gasteiger partial charge in [-0.1, -0.05) is 71.8 Å². The van der Waals surface area contributed by atoms with Crippen molar-refractivity contribution < 1.29 is 23.9 Å². The van der Waals surface area contributed by atoms with Gasteiger partial charge in [-0.25, -0.2) is 19.1 Å². The van der Waals surface area contributed by atoms with E-state index in [1.807, 2.05) is 37.3 Å². The minimum Gasteiger partial charge on any atom is -0.463 e. The molecule has 1 unspecified atom stereocenters. The molecule has 2 heterocycles. The molecular formula is C29H29ClN4O5. The van der Waals surface area contributed by atoms with Gasteiger partial charge >= 0.3 is 18.0 Å². The number of esters is 2. The van der Waals surface area contributed by atoms with Gasteiger partial charge in [-0.15, -0.1) is 0 Å². The number of benzene rings is 2. The Kier molecular flexibility index (Phi) is 8.83. The van der Waals surface area contributed by atoms with Crippen LogP contribution in [-0.2, 0) is 25.6 Å². The molecule has 0 bridgehead atoms. The molecule has 4 rings (SSSR count). The highest BCUT2D eigenvalue weighted by Gasteiger charge is 2.34. The Morgan fingerprint density at radius 1 is 1.08 bits per heavy atom. The van der Waals surface area contributed by atoms with Crippen molar-refractivity contribution in [1.82, 2.24) is 20.4 Å². The summed E-state index contributed by atoms with van der Waals surface area (Å²) >= 11 is 6.55. The van der Waals surface area contributed by atoms with Crippen LogP contribution < -0.4 is 10.6 Å². The van der Waals surface area contributed by atoms with E-state index in [2.05, 4.69) is 15.7 Å². The molecule has 0 saturated carbocycles. The van der Waals surface area contributed by atoms with Crippen molar-refractivity contribution in [2.75, 3.05) is 13.2 Å². The van der Waals surface area contributed by atoms with Crippen molar-refractivity contribution in [2.24, 2.45) is 0 Å². The summed E-state index contributed by atoms with van der Waals surface area (Å²) in [6.07, 6.45) is 2.77. The standard InChI is InChI=1S/C29H29ClN4O5/c1-4-38-28(36)25-23(31-29(37)32-26(25)21-8-6-5-7-9-21)17-39-24(35)15-14-22-19(3)33-34(27(22)30)16-20-12-10-18(2)11-13-20/h5-15,26H,4,16-17H2,1-3H3,(H2,31,32,37). The number of hydrogen-bond acceptors (Lipinski definition) is 6. The topological polar surface area (TPSA) is 112 Å². The molecule has 202 valence electrons. The fraction of sp³-hybridized carbons (Fsp3) is 0.241. The fourth-order valence-electron chi connectivity index (χ4n) is 4.15. The molecule has 0 fully saturated rings. The quantitative estimate of drug-likeness (QED) is 0.298. The van der Waals surface area contributed by atoms with Crippen molar-refractivity contribution >= 4 is 35.6 Å². The number of hydrogen-bond donors (Lipinski definition) is 2. The smallest absolute Gasteiger partial charge is 0.338 e. The largest absolute Gasteiger partial charge is 0.463 e. The summed E-state index contributed by atoms with van der Waals surface area (Å²) in [4.78, 5) is 37.8. The van der Waals surface area contributed by atoms with Crippen molar-refractivity contribution in [3.63, 3.8) is 0 Å². The molecule has 1 atom stereocenters. The average molecular weight is 549 g/mol. The van der Waals surface area contributed by atoms with Gasteiger partial charge in [-0.3, -0.25) is 0 Å². The predicted molar refractivity (Wildman–Crippen MR) is 147 cm³/mol. The molecule has 2 amide bonds. The number of carbonyl (C=O) groups is 3. The number of nitrogens with zero attached hydrogens (tertiary/aromatic N) is 2. The second-order valence-electron chi connectivity index (χ2n) is 8.93. The molecular weight excluding hydrogens is 520 g/mol. The number of urea groups is 1. The highest BCUT2D eigenvalue weighted by Crippen LogP contribution is 2.28.